The van der Waals surface area contributed by atoms with Crippen LogP contribution in [0, 0.1) is 0 Å². The minimum atomic E-state index is -4.56. The summed E-state index contributed by atoms with van der Waals surface area (Å²) in [7, 11) is -2.94. The zero-order valence-electron chi connectivity index (χ0n) is 21.7. The lowest BCUT2D eigenvalue weighted by Gasteiger charge is -2.36. The number of nitrogens with zero attached hydrogens (tertiary/aromatic N) is 1. The van der Waals surface area contributed by atoms with Crippen molar-refractivity contribution in [3.8, 4) is 17.2 Å². The van der Waals surface area contributed by atoms with Crippen LogP contribution in [0.1, 0.15) is 11.1 Å². The van der Waals surface area contributed by atoms with E-state index in [9.17, 15) is 13.2 Å². The SMILES string of the molecule is COc1ccc(S(=O)(=O)N2C(=O)C(O[Si](C)(C)C)(c3ccccc3Cl)c3cc(Cl)c(OC)cc32)c(OC)c1. The van der Waals surface area contributed by atoms with Crippen molar-refractivity contribution in [2.75, 3.05) is 25.6 Å². The molecule has 8 nitrogen and oxygen atoms in total. The van der Waals surface area contributed by atoms with Gasteiger partial charge in [0.2, 0.25) is 0 Å². The molecule has 1 heterocycles. The number of benzene rings is 3. The number of ether oxygens (including phenoxy) is 3. The highest BCUT2D eigenvalue weighted by atomic mass is 35.5. The first kappa shape index (κ1) is 28.3. The Kier molecular flexibility index (Phi) is 7.50. The standard InChI is InChI=1S/C26H27Cl2NO7SSi/c1-33-16-11-12-24(23(13-16)35-3)37(31,32)29-21-15-22(34-2)20(28)14-18(21)26(25(29)30,36-38(4,5)6)17-9-7-8-10-19(17)27/h7-15H,1-6H3. The Morgan fingerprint density at radius 2 is 1.47 bits per heavy atom. The molecular weight excluding hydrogens is 569 g/mol. The third-order valence-corrected chi connectivity index (χ3v) is 9.24. The molecule has 1 unspecified atom stereocenters. The van der Waals surface area contributed by atoms with Crippen molar-refractivity contribution in [1.82, 2.24) is 0 Å². The van der Waals surface area contributed by atoms with Crippen LogP contribution in [-0.4, -0.2) is 44.0 Å². The van der Waals surface area contributed by atoms with Gasteiger partial charge in [0.05, 0.1) is 32.0 Å². The number of hydrogen-bond donors (Lipinski definition) is 0. The van der Waals surface area contributed by atoms with Crippen LogP contribution in [0.4, 0.5) is 5.69 Å². The molecule has 0 fully saturated rings. The van der Waals surface area contributed by atoms with Gasteiger partial charge < -0.3 is 18.6 Å². The Morgan fingerprint density at radius 3 is 2.05 bits per heavy atom. The normalized spacial score (nSPS) is 17.4. The van der Waals surface area contributed by atoms with Gasteiger partial charge in [0.15, 0.2) is 13.9 Å². The van der Waals surface area contributed by atoms with Crippen molar-refractivity contribution in [2.45, 2.75) is 30.1 Å². The molecule has 0 saturated carbocycles. The molecule has 1 aliphatic heterocycles. The number of carbonyl (C=O) groups excluding carboxylic acids is 1. The summed E-state index contributed by atoms with van der Waals surface area (Å²) in [6.45, 7) is 5.69. The number of sulfonamides is 1. The van der Waals surface area contributed by atoms with E-state index in [1.807, 2.05) is 19.6 Å². The Labute approximate surface area is 233 Å². The predicted octanol–water partition coefficient (Wildman–Crippen LogP) is 5.85. The topological polar surface area (TPSA) is 91.4 Å². The number of rotatable bonds is 8. The lowest BCUT2D eigenvalue weighted by Crippen LogP contribution is -2.50. The summed E-state index contributed by atoms with van der Waals surface area (Å²) in [6, 6.07) is 13.8. The van der Waals surface area contributed by atoms with E-state index in [2.05, 4.69) is 0 Å². The zero-order chi connectivity index (χ0) is 28.0. The van der Waals surface area contributed by atoms with E-state index in [1.165, 1.54) is 51.7 Å². The maximum atomic E-state index is 14.6. The van der Waals surface area contributed by atoms with Crippen LogP contribution in [0.25, 0.3) is 0 Å². The van der Waals surface area contributed by atoms with Gasteiger partial charge in [-0.1, -0.05) is 41.4 Å². The van der Waals surface area contributed by atoms with Gasteiger partial charge in [-0.25, -0.2) is 8.42 Å². The molecule has 0 radical (unpaired) electrons. The number of anilines is 1. The van der Waals surface area contributed by atoms with Crippen molar-refractivity contribution in [2.24, 2.45) is 0 Å². The minimum Gasteiger partial charge on any atom is -0.497 e. The maximum absolute atomic E-state index is 14.6. The van der Waals surface area contributed by atoms with Gasteiger partial charge in [-0.05, 0) is 43.9 Å². The average molecular weight is 597 g/mol. The Morgan fingerprint density at radius 1 is 0.816 bits per heavy atom. The highest BCUT2D eigenvalue weighted by Gasteiger charge is 2.60. The van der Waals surface area contributed by atoms with Crippen LogP contribution in [0.5, 0.6) is 17.2 Å². The number of methoxy groups -OCH3 is 3. The van der Waals surface area contributed by atoms with Crippen molar-refractivity contribution in [1.29, 1.82) is 0 Å². The average Bonchev–Trinajstić information content (AvgIpc) is 3.09. The second-order valence-corrected chi connectivity index (χ2v) is 16.5. The lowest BCUT2D eigenvalue weighted by molar-refractivity contribution is -0.129. The maximum Gasteiger partial charge on any atom is 0.281 e. The van der Waals surface area contributed by atoms with Crippen LogP contribution in [0.3, 0.4) is 0 Å². The second kappa shape index (κ2) is 10.1. The molecule has 4 rings (SSSR count). The van der Waals surface area contributed by atoms with E-state index >= 15 is 0 Å². The summed E-state index contributed by atoms with van der Waals surface area (Å²) in [5, 5.41) is 0.411. The van der Waals surface area contributed by atoms with Crippen LogP contribution in [0.2, 0.25) is 29.7 Å². The number of amides is 1. The van der Waals surface area contributed by atoms with Gasteiger partial charge >= 0.3 is 0 Å². The molecule has 202 valence electrons. The van der Waals surface area contributed by atoms with E-state index in [-0.39, 0.29) is 37.7 Å². The highest BCUT2D eigenvalue weighted by molar-refractivity contribution is 7.93. The third-order valence-electron chi connectivity index (χ3n) is 5.96. The number of halogens is 2. The Balaban J connectivity index is 2.10. The molecular formula is C26H27Cl2NO7SSi. The minimum absolute atomic E-state index is 0.000914. The van der Waals surface area contributed by atoms with Gasteiger partial charge in [-0.3, -0.25) is 4.79 Å². The third kappa shape index (κ3) is 4.54. The van der Waals surface area contributed by atoms with E-state index < -0.39 is 29.8 Å². The molecule has 0 spiro atoms. The first-order valence-corrected chi connectivity index (χ1v) is 17.1. The summed E-state index contributed by atoms with van der Waals surface area (Å²) in [5.74, 6) is -0.288. The quantitative estimate of drug-likeness (QED) is 0.302. The van der Waals surface area contributed by atoms with Crippen molar-refractivity contribution < 1.29 is 31.8 Å². The fourth-order valence-electron chi connectivity index (χ4n) is 4.46. The fourth-order valence-corrected chi connectivity index (χ4v) is 7.79. The smallest absolute Gasteiger partial charge is 0.281 e. The molecule has 0 bridgehead atoms. The zero-order valence-corrected chi connectivity index (χ0v) is 25.0. The highest BCUT2D eigenvalue weighted by Crippen LogP contribution is 2.54. The lowest BCUT2D eigenvalue weighted by atomic mass is 9.87. The van der Waals surface area contributed by atoms with Crippen molar-refractivity contribution in [3.05, 3.63) is 75.8 Å². The van der Waals surface area contributed by atoms with Crippen molar-refractivity contribution >= 4 is 53.1 Å². The second-order valence-electron chi connectivity index (χ2n) is 9.47. The molecule has 1 atom stereocenters. The molecule has 0 aliphatic carbocycles. The summed E-state index contributed by atoms with van der Waals surface area (Å²) < 4.78 is 51.9. The van der Waals surface area contributed by atoms with Crippen molar-refractivity contribution in [3.63, 3.8) is 0 Å². The largest absolute Gasteiger partial charge is 0.497 e. The number of fused-ring (bicyclic) bond motifs is 1. The van der Waals surface area contributed by atoms with Crippen LogP contribution in [-0.2, 0) is 24.8 Å². The van der Waals surface area contributed by atoms with Gasteiger partial charge in [-0.2, -0.15) is 4.31 Å². The number of hydrogen-bond acceptors (Lipinski definition) is 7. The van der Waals surface area contributed by atoms with E-state index in [0.717, 1.165) is 4.31 Å². The summed E-state index contributed by atoms with van der Waals surface area (Å²) in [6.07, 6.45) is 0. The Hall–Kier alpha value is -2.76. The Bertz CT molecular complexity index is 1520. The molecule has 1 amide bonds. The van der Waals surface area contributed by atoms with Crippen LogP contribution in [0.15, 0.2) is 59.5 Å². The van der Waals surface area contributed by atoms with Crippen LogP contribution < -0.4 is 18.5 Å². The summed E-state index contributed by atoms with van der Waals surface area (Å²) in [4.78, 5) is 14.4. The summed E-state index contributed by atoms with van der Waals surface area (Å²) in [5.41, 5.74) is -1.32. The molecule has 0 N–H and O–H groups in total. The van der Waals surface area contributed by atoms with E-state index in [4.69, 9.17) is 41.8 Å². The van der Waals surface area contributed by atoms with Gasteiger partial charge in [-0.15, -0.1) is 0 Å². The van der Waals surface area contributed by atoms with Gasteiger partial charge in [0, 0.05) is 28.3 Å². The van der Waals surface area contributed by atoms with E-state index in [0.29, 0.717) is 11.3 Å². The van der Waals surface area contributed by atoms with Crippen LogP contribution >= 0.6 is 23.2 Å². The molecule has 38 heavy (non-hydrogen) atoms. The van der Waals surface area contributed by atoms with Gasteiger partial charge in [0.25, 0.3) is 15.9 Å². The van der Waals surface area contributed by atoms with E-state index in [1.54, 1.807) is 24.3 Å². The molecule has 1 aliphatic rings. The molecule has 12 heteroatoms. The number of carbonyl (C=O) groups is 1. The molecule has 0 aromatic heterocycles. The molecule has 0 saturated heterocycles. The van der Waals surface area contributed by atoms with Gasteiger partial charge in [0.1, 0.15) is 22.1 Å². The predicted molar refractivity (Wildman–Crippen MR) is 149 cm³/mol. The molecule has 3 aromatic rings. The first-order chi connectivity index (χ1) is 17.8. The molecule has 3 aromatic carbocycles. The summed E-state index contributed by atoms with van der Waals surface area (Å²) >= 11 is 13.2. The first-order valence-electron chi connectivity index (χ1n) is 11.5. The monoisotopic (exact) mass is 595 g/mol. The fraction of sp³-hybridized carbons (Fsp3) is 0.269.